The second-order valence-electron chi connectivity index (χ2n) is 3.48. The maximum absolute atomic E-state index is 5.27. The molecule has 0 saturated carbocycles. The third-order valence-corrected chi connectivity index (χ3v) is 5.29. The van der Waals surface area contributed by atoms with Crippen LogP contribution >= 0.6 is 0 Å². The minimum atomic E-state index is -0.385. The number of ether oxygens (including phenoxy) is 2. The van der Waals surface area contributed by atoms with E-state index in [0.29, 0.717) is 5.54 Å². The average Bonchev–Trinajstić information content (AvgIpc) is 2.73. The first-order valence-electron chi connectivity index (χ1n) is 5.14. The zero-order valence-corrected chi connectivity index (χ0v) is 16.2. The van der Waals surface area contributed by atoms with E-state index in [0.717, 1.165) is 6.42 Å². The first kappa shape index (κ1) is 26.8. The molecule has 4 heteroatoms. The van der Waals surface area contributed by atoms with Gasteiger partial charge in [0.15, 0.2) is 0 Å². The van der Waals surface area contributed by atoms with Crippen molar-refractivity contribution in [1.29, 1.82) is 0 Å². The van der Waals surface area contributed by atoms with Crippen LogP contribution in [0.15, 0.2) is 17.7 Å². The predicted octanol–water partition coefficient (Wildman–Crippen LogP) is 2.97. The Morgan fingerprint density at radius 2 is 1.83 bits per heavy atom. The van der Waals surface area contributed by atoms with Gasteiger partial charge >= 0.3 is 21.1 Å². The summed E-state index contributed by atoms with van der Waals surface area (Å²) in [5.74, 6) is 0.0447. The van der Waals surface area contributed by atoms with Crippen molar-refractivity contribution in [3.8, 4) is 0 Å². The summed E-state index contributed by atoms with van der Waals surface area (Å²) in [7, 11) is 3.05. The zero-order chi connectivity index (χ0) is 10.4. The summed E-state index contributed by atoms with van der Waals surface area (Å²) >= 11 is 0. The van der Waals surface area contributed by atoms with Crippen molar-refractivity contribution in [3.05, 3.63) is 46.1 Å². The molecule has 1 aliphatic rings. The molecule has 0 aromatic rings. The van der Waals surface area contributed by atoms with Crippen LogP contribution in [0.5, 0.6) is 0 Å². The van der Waals surface area contributed by atoms with Crippen LogP contribution in [-0.2, 0) is 30.5 Å². The monoisotopic (exact) mass is 451 g/mol. The number of rotatable bonds is 6. The maximum atomic E-state index is 5.27. The van der Waals surface area contributed by atoms with Gasteiger partial charge in [-0.25, -0.2) is 11.6 Å². The Morgan fingerprint density at radius 3 is 2.17 bits per heavy atom. The third kappa shape index (κ3) is 8.41. The van der Waals surface area contributed by atoms with Crippen LogP contribution in [0.2, 0.25) is 5.54 Å². The molecule has 0 radical (unpaired) electrons. The van der Waals surface area contributed by atoms with E-state index in [2.05, 4.69) is 25.2 Å². The van der Waals surface area contributed by atoms with E-state index in [-0.39, 0.29) is 58.8 Å². The zero-order valence-electron chi connectivity index (χ0n) is 12.6. The Morgan fingerprint density at radius 1 is 1.28 bits per heavy atom. The second-order valence-corrected chi connectivity index (χ2v) is 5.60. The van der Waals surface area contributed by atoms with E-state index < -0.39 is 0 Å². The van der Waals surface area contributed by atoms with Gasteiger partial charge in [0.2, 0.25) is 0 Å². The van der Waals surface area contributed by atoms with Crippen molar-refractivity contribution in [3.63, 3.8) is 0 Å². The van der Waals surface area contributed by atoms with Crippen LogP contribution in [-0.4, -0.2) is 29.7 Å². The third-order valence-electron chi connectivity index (χ3n) is 2.66. The van der Waals surface area contributed by atoms with Crippen molar-refractivity contribution < 1.29 is 30.5 Å². The van der Waals surface area contributed by atoms with Crippen LogP contribution in [0.25, 0.3) is 0 Å². The van der Waals surface area contributed by atoms with E-state index >= 15 is 0 Å². The van der Waals surface area contributed by atoms with Gasteiger partial charge < -0.3 is 31.8 Å². The average molecular weight is 452 g/mol. The minimum Gasteiger partial charge on any atom is -0.360 e. The molecule has 0 saturated heterocycles. The molecule has 0 aliphatic heterocycles. The van der Waals surface area contributed by atoms with Gasteiger partial charge in [0.25, 0.3) is 0 Å². The molecule has 18 heavy (non-hydrogen) atoms. The topological polar surface area (TPSA) is 18.5 Å². The van der Waals surface area contributed by atoms with Crippen LogP contribution in [0, 0.1) is 28.4 Å². The van der Waals surface area contributed by atoms with Gasteiger partial charge in [-0.05, 0) is 0 Å². The molecular weight excluding hydrogens is 423 g/mol. The van der Waals surface area contributed by atoms with E-state index in [4.69, 9.17) is 9.47 Å². The van der Waals surface area contributed by atoms with E-state index in [9.17, 15) is 0 Å². The molecule has 110 valence electrons. The van der Waals surface area contributed by atoms with E-state index in [1.165, 1.54) is 12.0 Å². The van der Waals surface area contributed by atoms with Crippen LogP contribution in [0.3, 0.4) is 0 Å². The van der Waals surface area contributed by atoms with Gasteiger partial charge in [0.05, 0.1) is 9.52 Å². The Balaban J connectivity index is -0.000000245. The van der Waals surface area contributed by atoms with Gasteiger partial charge in [-0.2, -0.15) is 6.08 Å². The molecule has 1 aliphatic carbocycles. The molecule has 0 heterocycles. The normalized spacial score (nSPS) is 14.3. The SMILES string of the molecule is CCC([SiH2]C(OC)OC)C1=[C-]CC=C1.[CH3-].[CH3-].[CH3-].[Pt+4]. The molecular formula is C14H28O2PtSi. The van der Waals surface area contributed by atoms with Crippen molar-refractivity contribution in [2.75, 3.05) is 14.2 Å². The van der Waals surface area contributed by atoms with Gasteiger partial charge in [-0.15, -0.1) is 6.42 Å². The van der Waals surface area contributed by atoms with Crippen LogP contribution in [0.4, 0.5) is 0 Å². The largest absolute Gasteiger partial charge is 4.00 e. The fourth-order valence-electron chi connectivity index (χ4n) is 1.74. The van der Waals surface area contributed by atoms with Crippen molar-refractivity contribution >= 4 is 9.52 Å². The standard InChI is InChI=1S/C11H19O2Si.3CH3.Pt/c1-4-10(9-7-5-6-8-9)14-11(12-2)13-3;;;;/h5,7,10-11H,4,6,14H2,1-3H3;3*1H3;/q4*-1;+4. The summed E-state index contributed by atoms with van der Waals surface area (Å²) in [5, 5.41) is 0. The fraction of sp³-hybridized carbons (Fsp3) is 0.500. The van der Waals surface area contributed by atoms with Crippen molar-refractivity contribution in [2.45, 2.75) is 31.2 Å². The molecule has 0 bridgehead atoms. The molecule has 0 fully saturated rings. The summed E-state index contributed by atoms with van der Waals surface area (Å²) in [4.78, 5) is 0. The summed E-state index contributed by atoms with van der Waals surface area (Å²) in [6.07, 6.45) is 9.90. The van der Waals surface area contributed by atoms with Crippen LogP contribution < -0.4 is 0 Å². The quantitative estimate of drug-likeness (QED) is 0.351. The predicted molar refractivity (Wildman–Crippen MR) is 80.1 cm³/mol. The molecule has 0 N–H and O–H groups in total. The van der Waals surface area contributed by atoms with E-state index in [1.807, 2.05) is 0 Å². The molecule has 1 unspecified atom stereocenters. The van der Waals surface area contributed by atoms with Gasteiger partial charge in [-0.1, -0.05) is 18.9 Å². The fourth-order valence-corrected chi connectivity index (χ4v) is 3.45. The Hall–Kier alpha value is 0.305. The summed E-state index contributed by atoms with van der Waals surface area (Å²) in [6, 6.07) is 0. The Kier molecular flexibility index (Phi) is 22.9. The number of hydrogen-bond donors (Lipinski definition) is 0. The summed E-state index contributed by atoms with van der Waals surface area (Å²) in [6.45, 7) is 2.22. The molecule has 0 amide bonds. The molecule has 1 atom stereocenters. The van der Waals surface area contributed by atoms with Gasteiger partial charge in [-0.3, -0.25) is 6.08 Å². The molecule has 0 aromatic carbocycles. The van der Waals surface area contributed by atoms with Gasteiger partial charge in [0, 0.05) is 14.2 Å². The van der Waals surface area contributed by atoms with Crippen molar-refractivity contribution in [2.24, 2.45) is 0 Å². The molecule has 0 spiro atoms. The summed E-state index contributed by atoms with van der Waals surface area (Å²) in [5.41, 5.74) is 2.02. The number of hydrogen-bond acceptors (Lipinski definition) is 2. The first-order valence-corrected chi connectivity index (χ1v) is 6.78. The maximum Gasteiger partial charge on any atom is 4.00 e. The molecule has 0 aromatic heterocycles. The smallest absolute Gasteiger partial charge is 0.360 e. The molecule has 2 nitrogen and oxygen atoms in total. The minimum absolute atomic E-state index is 0. The van der Waals surface area contributed by atoms with Crippen molar-refractivity contribution in [1.82, 2.24) is 0 Å². The first-order chi connectivity index (χ1) is 6.81. The number of methoxy groups -OCH3 is 2. The van der Waals surface area contributed by atoms with Gasteiger partial charge in [0.1, 0.15) is 5.91 Å². The Bertz CT molecular complexity index is 226. The number of allylic oxidation sites excluding steroid dienone is 4. The Labute approximate surface area is 131 Å². The summed E-state index contributed by atoms with van der Waals surface area (Å²) < 4.78 is 10.5. The van der Waals surface area contributed by atoms with E-state index in [1.54, 1.807) is 14.2 Å². The molecule has 1 rings (SSSR count). The second kappa shape index (κ2) is 15.4. The van der Waals surface area contributed by atoms with Crippen LogP contribution in [0.1, 0.15) is 19.8 Å².